The standard InChI is InChI=1S/C14H13N3O3/c1-2-12-15-11-5-3-4-10(14(18)19)13(11)17(12)8-9-6-7-20-16-9/h3-7H,2,8H2,1H3,(H,18,19). The van der Waals surface area contributed by atoms with Crippen LogP contribution in [0, 0.1) is 0 Å². The molecule has 0 aliphatic heterocycles. The zero-order valence-corrected chi connectivity index (χ0v) is 10.9. The third-order valence-corrected chi connectivity index (χ3v) is 3.20. The summed E-state index contributed by atoms with van der Waals surface area (Å²) in [7, 11) is 0. The van der Waals surface area contributed by atoms with E-state index in [4.69, 9.17) is 4.52 Å². The third kappa shape index (κ3) is 1.95. The van der Waals surface area contributed by atoms with Crippen molar-refractivity contribution in [2.75, 3.05) is 0 Å². The van der Waals surface area contributed by atoms with Crippen LogP contribution in [0.5, 0.6) is 0 Å². The smallest absolute Gasteiger partial charge is 0.337 e. The van der Waals surface area contributed by atoms with E-state index in [1.165, 1.54) is 6.26 Å². The van der Waals surface area contributed by atoms with Crippen LogP contribution in [0.1, 0.15) is 28.8 Å². The Balaban J connectivity index is 2.24. The van der Waals surface area contributed by atoms with Crippen molar-refractivity contribution < 1.29 is 14.4 Å². The van der Waals surface area contributed by atoms with Crippen molar-refractivity contribution in [3.63, 3.8) is 0 Å². The Bertz CT molecular complexity index is 759. The molecule has 20 heavy (non-hydrogen) atoms. The predicted octanol–water partition coefficient (Wildman–Crippen LogP) is 2.33. The molecule has 2 aromatic heterocycles. The summed E-state index contributed by atoms with van der Waals surface area (Å²) in [6.07, 6.45) is 2.21. The average molecular weight is 271 g/mol. The molecule has 6 heteroatoms. The van der Waals surface area contributed by atoms with Crippen molar-refractivity contribution in [1.29, 1.82) is 0 Å². The number of aryl methyl sites for hydroxylation is 1. The number of aromatic nitrogens is 3. The Hall–Kier alpha value is -2.63. The number of carboxylic acid groups (broad SMARTS) is 1. The van der Waals surface area contributed by atoms with Gasteiger partial charge < -0.3 is 14.2 Å². The van der Waals surface area contributed by atoms with Gasteiger partial charge in [0.15, 0.2) is 0 Å². The van der Waals surface area contributed by atoms with Crippen LogP contribution in [0.2, 0.25) is 0 Å². The van der Waals surface area contributed by atoms with Crippen molar-refractivity contribution in [2.24, 2.45) is 0 Å². The lowest BCUT2D eigenvalue weighted by molar-refractivity contribution is 0.0698. The lowest BCUT2D eigenvalue weighted by atomic mass is 10.2. The highest BCUT2D eigenvalue weighted by Crippen LogP contribution is 2.22. The van der Waals surface area contributed by atoms with E-state index in [0.717, 1.165) is 11.5 Å². The number of hydrogen-bond donors (Lipinski definition) is 1. The molecular formula is C14H13N3O3. The van der Waals surface area contributed by atoms with Crippen LogP contribution in [0.3, 0.4) is 0 Å². The molecule has 0 fully saturated rings. The van der Waals surface area contributed by atoms with E-state index in [2.05, 4.69) is 10.1 Å². The number of hydrogen-bond acceptors (Lipinski definition) is 4. The van der Waals surface area contributed by atoms with Crippen molar-refractivity contribution in [3.8, 4) is 0 Å². The Morgan fingerprint density at radius 1 is 1.40 bits per heavy atom. The van der Waals surface area contributed by atoms with Gasteiger partial charge in [0.2, 0.25) is 0 Å². The molecule has 0 radical (unpaired) electrons. The molecular weight excluding hydrogens is 258 g/mol. The van der Waals surface area contributed by atoms with E-state index in [9.17, 15) is 9.90 Å². The fraction of sp³-hybridized carbons (Fsp3) is 0.214. The van der Waals surface area contributed by atoms with Crippen LogP contribution in [0.25, 0.3) is 11.0 Å². The molecule has 0 unspecified atom stereocenters. The van der Waals surface area contributed by atoms with E-state index >= 15 is 0 Å². The first kappa shape index (κ1) is 12.4. The van der Waals surface area contributed by atoms with E-state index in [1.807, 2.05) is 17.6 Å². The molecule has 1 N–H and O–H groups in total. The molecule has 0 spiro atoms. The minimum absolute atomic E-state index is 0.248. The lowest BCUT2D eigenvalue weighted by Crippen LogP contribution is -2.08. The van der Waals surface area contributed by atoms with E-state index < -0.39 is 5.97 Å². The number of para-hydroxylation sites is 1. The van der Waals surface area contributed by atoms with Gasteiger partial charge >= 0.3 is 5.97 Å². The molecule has 3 aromatic rings. The topological polar surface area (TPSA) is 81.1 Å². The first-order chi connectivity index (χ1) is 9.70. The number of nitrogens with zero attached hydrogens (tertiary/aromatic N) is 3. The van der Waals surface area contributed by atoms with Gasteiger partial charge in [0.05, 0.1) is 23.1 Å². The minimum Gasteiger partial charge on any atom is -0.478 e. The summed E-state index contributed by atoms with van der Waals surface area (Å²) < 4.78 is 6.71. The molecule has 0 atom stereocenters. The second kappa shape index (κ2) is 4.80. The first-order valence-electron chi connectivity index (χ1n) is 6.31. The molecule has 2 heterocycles. The van der Waals surface area contributed by atoms with Gasteiger partial charge in [-0.2, -0.15) is 0 Å². The lowest BCUT2D eigenvalue weighted by Gasteiger charge is -2.07. The molecule has 0 saturated carbocycles. The summed E-state index contributed by atoms with van der Waals surface area (Å²) in [5.74, 6) is -0.128. The molecule has 1 aromatic carbocycles. The highest BCUT2D eigenvalue weighted by molar-refractivity contribution is 6.01. The van der Waals surface area contributed by atoms with Crippen LogP contribution >= 0.6 is 0 Å². The summed E-state index contributed by atoms with van der Waals surface area (Å²) in [6.45, 7) is 2.43. The normalized spacial score (nSPS) is 11.1. The van der Waals surface area contributed by atoms with Crippen LogP contribution in [-0.4, -0.2) is 25.8 Å². The zero-order chi connectivity index (χ0) is 14.1. The second-order valence-corrected chi connectivity index (χ2v) is 4.44. The Morgan fingerprint density at radius 3 is 2.90 bits per heavy atom. The Morgan fingerprint density at radius 2 is 2.25 bits per heavy atom. The van der Waals surface area contributed by atoms with Gasteiger partial charge in [-0.3, -0.25) is 0 Å². The summed E-state index contributed by atoms with van der Waals surface area (Å²) in [6, 6.07) is 6.87. The van der Waals surface area contributed by atoms with Crippen LogP contribution in [0.4, 0.5) is 0 Å². The summed E-state index contributed by atoms with van der Waals surface area (Å²) in [4.78, 5) is 15.9. The van der Waals surface area contributed by atoms with Crippen LogP contribution in [0.15, 0.2) is 35.1 Å². The van der Waals surface area contributed by atoms with Crippen molar-refractivity contribution >= 4 is 17.0 Å². The van der Waals surface area contributed by atoms with Crippen LogP contribution < -0.4 is 0 Å². The van der Waals surface area contributed by atoms with Crippen molar-refractivity contribution in [3.05, 3.63) is 47.6 Å². The highest BCUT2D eigenvalue weighted by atomic mass is 16.5. The molecule has 6 nitrogen and oxygen atoms in total. The number of imidazole rings is 1. The fourth-order valence-corrected chi connectivity index (χ4v) is 2.33. The van der Waals surface area contributed by atoms with Gasteiger partial charge in [0.1, 0.15) is 17.8 Å². The number of rotatable bonds is 4. The highest BCUT2D eigenvalue weighted by Gasteiger charge is 2.17. The van der Waals surface area contributed by atoms with Gasteiger partial charge in [-0.05, 0) is 12.1 Å². The molecule has 3 rings (SSSR count). The number of carboxylic acids is 1. The summed E-state index contributed by atoms with van der Waals surface area (Å²) in [5, 5.41) is 13.2. The largest absolute Gasteiger partial charge is 0.478 e. The number of carbonyl (C=O) groups is 1. The molecule has 0 bridgehead atoms. The SMILES string of the molecule is CCc1nc2cccc(C(=O)O)c2n1Cc1ccon1. The van der Waals surface area contributed by atoms with E-state index in [-0.39, 0.29) is 5.56 Å². The second-order valence-electron chi connectivity index (χ2n) is 4.44. The summed E-state index contributed by atoms with van der Waals surface area (Å²) >= 11 is 0. The third-order valence-electron chi connectivity index (χ3n) is 3.20. The maximum absolute atomic E-state index is 11.4. The maximum Gasteiger partial charge on any atom is 0.337 e. The molecule has 0 saturated heterocycles. The first-order valence-corrected chi connectivity index (χ1v) is 6.31. The quantitative estimate of drug-likeness (QED) is 0.787. The average Bonchev–Trinajstić information content (AvgIpc) is 3.06. The molecule has 102 valence electrons. The number of fused-ring (bicyclic) bond motifs is 1. The summed E-state index contributed by atoms with van der Waals surface area (Å²) in [5.41, 5.74) is 2.29. The molecule has 0 amide bonds. The molecule has 0 aliphatic rings. The Kier molecular flexibility index (Phi) is 2.98. The van der Waals surface area contributed by atoms with E-state index in [0.29, 0.717) is 24.0 Å². The van der Waals surface area contributed by atoms with Crippen LogP contribution in [-0.2, 0) is 13.0 Å². The zero-order valence-electron chi connectivity index (χ0n) is 10.9. The van der Waals surface area contributed by atoms with E-state index in [1.54, 1.807) is 18.2 Å². The van der Waals surface area contributed by atoms with Crippen molar-refractivity contribution in [2.45, 2.75) is 19.9 Å². The Labute approximate surface area is 114 Å². The van der Waals surface area contributed by atoms with Gasteiger partial charge in [-0.1, -0.05) is 18.1 Å². The maximum atomic E-state index is 11.4. The van der Waals surface area contributed by atoms with Crippen molar-refractivity contribution in [1.82, 2.24) is 14.7 Å². The predicted molar refractivity (Wildman–Crippen MR) is 71.7 cm³/mol. The van der Waals surface area contributed by atoms with Gasteiger partial charge in [-0.15, -0.1) is 0 Å². The fourth-order valence-electron chi connectivity index (χ4n) is 2.33. The number of benzene rings is 1. The minimum atomic E-state index is -0.959. The molecule has 0 aliphatic carbocycles. The number of aromatic carboxylic acids is 1. The van der Waals surface area contributed by atoms with Gasteiger partial charge in [0, 0.05) is 12.5 Å². The monoisotopic (exact) mass is 271 g/mol. The van der Waals surface area contributed by atoms with Gasteiger partial charge in [-0.25, -0.2) is 9.78 Å². The van der Waals surface area contributed by atoms with Gasteiger partial charge in [0.25, 0.3) is 0 Å².